The number of amides is 1. The lowest BCUT2D eigenvalue weighted by atomic mass is 10.1. The molecule has 7 nitrogen and oxygen atoms in total. The van der Waals surface area contributed by atoms with Crippen molar-refractivity contribution in [3.8, 4) is 0 Å². The molecule has 0 bridgehead atoms. The molecular weight excluding hydrogens is 224 g/mol. The Hall–Kier alpha value is -1.89. The van der Waals surface area contributed by atoms with Gasteiger partial charge in [0.25, 0.3) is 0 Å². The van der Waals surface area contributed by atoms with E-state index in [-0.39, 0.29) is 0 Å². The molecule has 1 heterocycles. The summed E-state index contributed by atoms with van der Waals surface area (Å²) in [5.74, 6) is -1.50. The molecule has 1 aromatic rings. The number of carboxylic acid groups (broad SMARTS) is 1. The molecule has 7 heteroatoms. The molecule has 1 unspecified atom stereocenters. The molecule has 1 aliphatic carbocycles. The van der Waals surface area contributed by atoms with Crippen molar-refractivity contribution in [1.82, 2.24) is 15.1 Å². The fourth-order valence-corrected chi connectivity index (χ4v) is 1.58. The summed E-state index contributed by atoms with van der Waals surface area (Å²) in [5, 5.41) is 15.3. The minimum Gasteiger partial charge on any atom is -0.480 e. The molecule has 1 amide bonds. The first-order chi connectivity index (χ1) is 7.94. The summed E-state index contributed by atoms with van der Waals surface area (Å²) in [5.41, 5.74) is 5.19. The Bertz CT molecular complexity index is 464. The van der Waals surface area contributed by atoms with E-state index in [1.54, 1.807) is 13.2 Å². The largest absolute Gasteiger partial charge is 0.480 e. The van der Waals surface area contributed by atoms with Crippen LogP contribution in [0.3, 0.4) is 0 Å². The Balaban J connectivity index is 2.04. The van der Waals surface area contributed by atoms with Gasteiger partial charge in [-0.25, -0.2) is 4.79 Å². The van der Waals surface area contributed by atoms with E-state index in [2.05, 4.69) is 10.4 Å². The molecule has 0 saturated heterocycles. The third-order valence-corrected chi connectivity index (χ3v) is 2.89. The highest BCUT2D eigenvalue weighted by molar-refractivity contribution is 5.92. The number of aliphatic carboxylic acids is 1. The Kier molecular flexibility index (Phi) is 2.62. The highest BCUT2D eigenvalue weighted by Gasteiger charge is 2.52. The molecule has 1 atom stereocenters. The van der Waals surface area contributed by atoms with Crippen LogP contribution >= 0.6 is 0 Å². The average Bonchev–Trinajstić information content (AvgIpc) is 2.92. The van der Waals surface area contributed by atoms with E-state index in [0.717, 1.165) is 0 Å². The maximum Gasteiger partial charge on any atom is 0.329 e. The number of rotatable bonds is 4. The van der Waals surface area contributed by atoms with Gasteiger partial charge in [0.2, 0.25) is 5.91 Å². The summed E-state index contributed by atoms with van der Waals surface area (Å²) in [4.78, 5) is 22.7. The number of carbonyl (C=O) groups is 2. The molecule has 0 radical (unpaired) electrons. The summed E-state index contributed by atoms with van der Waals surface area (Å²) in [6.07, 6.45) is 4.02. The van der Waals surface area contributed by atoms with Crippen LogP contribution in [-0.2, 0) is 16.6 Å². The van der Waals surface area contributed by atoms with Crippen LogP contribution < -0.4 is 11.1 Å². The number of nitrogens with one attached hydrogen (secondary N) is 1. The van der Waals surface area contributed by atoms with Crippen LogP contribution in [0.1, 0.15) is 24.4 Å². The first-order valence-corrected chi connectivity index (χ1v) is 5.24. The SMILES string of the molecule is Cn1cc(C(N)C(=O)NC2(C(=O)O)CC2)cn1. The van der Waals surface area contributed by atoms with E-state index >= 15 is 0 Å². The summed E-state index contributed by atoms with van der Waals surface area (Å²) < 4.78 is 1.53. The van der Waals surface area contributed by atoms with Crippen molar-refractivity contribution < 1.29 is 14.7 Å². The predicted molar refractivity (Wildman–Crippen MR) is 57.9 cm³/mol. The lowest BCUT2D eigenvalue weighted by Crippen LogP contribution is -2.46. The molecule has 92 valence electrons. The molecule has 1 aliphatic rings. The van der Waals surface area contributed by atoms with E-state index in [1.807, 2.05) is 0 Å². The standard InChI is InChI=1S/C10H14N4O3/c1-14-5-6(4-12-14)7(11)8(15)13-10(2-3-10)9(16)17/h4-5,7H,2-3,11H2,1H3,(H,13,15)(H,16,17). The zero-order valence-corrected chi connectivity index (χ0v) is 9.38. The molecule has 1 aromatic heterocycles. The maximum absolute atomic E-state index is 11.8. The Morgan fingerprint density at radius 1 is 1.65 bits per heavy atom. The number of aryl methyl sites for hydroxylation is 1. The monoisotopic (exact) mass is 238 g/mol. The second-order valence-electron chi connectivity index (χ2n) is 4.30. The Morgan fingerprint density at radius 3 is 2.71 bits per heavy atom. The van der Waals surface area contributed by atoms with Gasteiger partial charge in [0, 0.05) is 18.8 Å². The number of hydrogen-bond donors (Lipinski definition) is 3. The molecule has 17 heavy (non-hydrogen) atoms. The van der Waals surface area contributed by atoms with Gasteiger partial charge in [-0.15, -0.1) is 0 Å². The van der Waals surface area contributed by atoms with Gasteiger partial charge >= 0.3 is 5.97 Å². The number of nitrogens with two attached hydrogens (primary N) is 1. The third kappa shape index (κ3) is 2.14. The van der Waals surface area contributed by atoms with Gasteiger partial charge in [0.05, 0.1) is 6.20 Å². The molecule has 0 spiro atoms. The second-order valence-corrected chi connectivity index (χ2v) is 4.30. The van der Waals surface area contributed by atoms with Crippen LogP contribution in [0.15, 0.2) is 12.4 Å². The number of nitrogens with zero attached hydrogens (tertiary/aromatic N) is 2. The van der Waals surface area contributed by atoms with Crippen molar-refractivity contribution in [2.75, 3.05) is 0 Å². The van der Waals surface area contributed by atoms with Crippen molar-refractivity contribution in [2.24, 2.45) is 12.8 Å². The van der Waals surface area contributed by atoms with Gasteiger partial charge in [-0.05, 0) is 12.8 Å². The number of carbonyl (C=O) groups excluding carboxylic acids is 1. The van der Waals surface area contributed by atoms with Crippen molar-refractivity contribution in [1.29, 1.82) is 0 Å². The summed E-state index contributed by atoms with van der Waals surface area (Å²) >= 11 is 0. The van der Waals surface area contributed by atoms with Gasteiger partial charge in [-0.2, -0.15) is 5.10 Å². The molecule has 1 saturated carbocycles. The van der Waals surface area contributed by atoms with Crippen LogP contribution in [0.4, 0.5) is 0 Å². The zero-order chi connectivity index (χ0) is 12.6. The Morgan fingerprint density at radius 2 is 2.29 bits per heavy atom. The normalized spacial score (nSPS) is 18.5. The molecular formula is C10H14N4O3. The lowest BCUT2D eigenvalue weighted by Gasteiger charge is -2.15. The van der Waals surface area contributed by atoms with Crippen molar-refractivity contribution in [3.63, 3.8) is 0 Å². The lowest BCUT2D eigenvalue weighted by molar-refractivity contribution is -0.143. The Labute approximate surface area is 97.6 Å². The highest BCUT2D eigenvalue weighted by atomic mass is 16.4. The van der Waals surface area contributed by atoms with Gasteiger partial charge in [0.15, 0.2) is 0 Å². The van der Waals surface area contributed by atoms with Gasteiger partial charge in [0.1, 0.15) is 11.6 Å². The van der Waals surface area contributed by atoms with Crippen LogP contribution in [0, 0.1) is 0 Å². The summed E-state index contributed by atoms with van der Waals surface area (Å²) in [6, 6.07) is -0.888. The van der Waals surface area contributed by atoms with Gasteiger partial charge in [-0.3, -0.25) is 9.48 Å². The van der Waals surface area contributed by atoms with E-state index in [1.165, 1.54) is 10.9 Å². The number of carboxylic acids is 1. The van der Waals surface area contributed by atoms with Crippen molar-refractivity contribution >= 4 is 11.9 Å². The number of hydrogen-bond acceptors (Lipinski definition) is 4. The van der Waals surface area contributed by atoms with Crippen molar-refractivity contribution in [2.45, 2.75) is 24.4 Å². The molecule has 0 aliphatic heterocycles. The third-order valence-electron chi connectivity index (χ3n) is 2.89. The molecule has 2 rings (SSSR count). The van der Waals surface area contributed by atoms with E-state index in [0.29, 0.717) is 18.4 Å². The predicted octanol–water partition coefficient (Wildman–Crippen LogP) is -0.847. The topological polar surface area (TPSA) is 110 Å². The molecule has 0 aromatic carbocycles. The minimum atomic E-state index is -1.10. The fourth-order valence-electron chi connectivity index (χ4n) is 1.58. The second kappa shape index (κ2) is 3.85. The van der Waals surface area contributed by atoms with E-state index in [9.17, 15) is 9.59 Å². The van der Waals surface area contributed by atoms with Crippen LogP contribution in [0.2, 0.25) is 0 Å². The van der Waals surface area contributed by atoms with E-state index in [4.69, 9.17) is 10.8 Å². The first kappa shape index (κ1) is 11.6. The van der Waals surface area contributed by atoms with E-state index < -0.39 is 23.5 Å². The average molecular weight is 238 g/mol. The quantitative estimate of drug-likeness (QED) is 0.633. The minimum absolute atomic E-state index is 0.452. The molecule has 4 N–H and O–H groups in total. The first-order valence-electron chi connectivity index (χ1n) is 5.24. The fraction of sp³-hybridized carbons (Fsp3) is 0.500. The van der Waals surface area contributed by atoms with Crippen LogP contribution in [-0.4, -0.2) is 32.3 Å². The van der Waals surface area contributed by atoms with Gasteiger partial charge < -0.3 is 16.2 Å². The summed E-state index contributed by atoms with van der Waals surface area (Å²) in [6.45, 7) is 0. The molecule has 1 fully saturated rings. The van der Waals surface area contributed by atoms with Crippen LogP contribution in [0.25, 0.3) is 0 Å². The highest BCUT2D eigenvalue weighted by Crippen LogP contribution is 2.35. The van der Waals surface area contributed by atoms with Crippen molar-refractivity contribution in [3.05, 3.63) is 18.0 Å². The summed E-state index contributed by atoms with van der Waals surface area (Å²) in [7, 11) is 1.72. The maximum atomic E-state index is 11.8. The van der Waals surface area contributed by atoms with Crippen LogP contribution in [0.5, 0.6) is 0 Å². The smallest absolute Gasteiger partial charge is 0.329 e. The number of aromatic nitrogens is 2. The zero-order valence-electron chi connectivity index (χ0n) is 9.38. The van der Waals surface area contributed by atoms with Gasteiger partial charge in [-0.1, -0.05) is 0 Å².